The Morgan fingerprint density at radius 3 is 2.59 bits per heavy atom. The molecular weight excluding hydrogens is 210 g/mol. The molecule has 1 aromatic rings. The van der Waals surface area contributed by atoms with E-state index in [-0.39, 0.29) is 5.41 Å². The fourth-order valence-corrected chi connectivity index (χ4v) is 2.64. The van der Waals surface area contributed by atoms with Crippen LogP contribution in [-0.4, -0.2) is 23.8 Å². The third-order valence-corrected chi connectivity index (χ3v) is 3.57. The molecule has 0 saturated carbocycles. The van der Waals surface area contributed by atoms with Gasteiger partial charge in [0.25, 0.3) is 0 Å². The van der Waals surface area contributed by atoms with E-state index in [0.29, 0.717) is 6.54 Å². The van der Waals surface area contributed by atoms with Crippen LogP contribution in [0, 0.1) is 0 Å². The van der Waals surface area contributed by atoms with Crippen molar-refractivity contribution in [2.24, 2.45) is 0 Å². The molecule has 1 saturated heterocycles. The SMILES string of the molecule is CC(C)(C)c1ccccc1CC1(O)CCNC1. The Morgan fingerprint density at radius 1 is 1.29 bits per heavy atom. The number of rotatable bonds is 2. The Bertz CT molecular complexity index is 386. The van der Waals surface area contributed by atoms with Crippen LogP contribution in [0.4, 0.5) is 0 Å². The smallest absolute Gasteiger partial charge is 0.0823 e. The molecule has 1 heterocycles. The molecule has 2 heteroatoms. The third-order valence-electron chi connectivity index (χ3n) is 3.57. The third kappa shape index (κ3) is 2.88. The predicted octanol–water partition coefficient (Wildman–Crippen LogP) is 2.25. The summed E-state index contributed by atoms with van der Waals surface area (Å²) in [6.45, 7) is 8.31. The molecule has 0 bridgehead atoms. The Kier molecular flexibility index (Phi) is 3.28. The number of benzene rings is 1. The normalized spacial score (nSPS) is 25.2. The van der Waals surface area contributed by atoms with Gasteiger partial charge in [-0.25, -0.2) is 0 Å². The van der Waals surface area contributed by atoms with Gasteiger partial charge in [0.05, 0.1) is 5.60 Å². The lowest BCUT2D eigenvalue weighted by Crippen LogP contribution is -2.34. The zero-order valence-corrected chi connectivity index (χ0v) is 11.1. The summed E-state index contributed by atoms with van der Waals surface area (Å²) in [4.78, 5) is 0. The standard InChI is InChI=1S/C15H23NO/c1-14(2,3)13-7-5-4-6-12(13)10-15(17)8-9-16-11-15/h4-7,16-17H,8-11H2,1-3H3. The minimum atomic E-state index is -0.554. The van der Waals surface area contributed by atoms with Gasteiger partial charge in [-0.1, -0.05) is 45.0 Å². The van der Waals surface area contributed by atoms with Gasteiger partial charge in [0.2, 0.25) is 0 Å². The first-order chi connectivity index (χ1) is 7.91. The zero-order chi connectivity index (χ0) is 12.5. The van der Waals surface area contributed by atoms with Crippen molar-refractivity contribution in [2.75, 3.05) is 13.1 Å². The van der Waals surface area contributed by atoms with E-state index < -0.39 is 5.60 Å². The maximum absolute atomic E-state index is 10.5. The molecule has 1 atom stereocenters. The maximum atomic E-state index is 10.5. The summed E-state index contributed by atoms with van der Waals surface area (Å²) in [5, 5.41) is 13.7. The number of hydrogen-bond donors (Lipinski definition) is 2. The molecule has 1 aliphatic heterocycles. The Morgan fingerprint density at radius 2 is 2.00 bits per heavy atom. The first kappa shape index (κ1) is 12.6. The molecule has 2 N–H and O–H groups in total. The molecular formula is C15H23NO. The van der Waals surface area contributed by atoms with E-state index in [0.717, 1.165) is 19.4 Å². The molecule has 0 spiro atoms. The monoisotopic (exact) mass is 233 g/mol. The van der Waals surface area contributed by atoms with E-state index in [1.165, 1.54) is 11.1 Å². The van der Waals surface area contributed by atoms with Gasteiger partial charge < -0.3 is 10.4 Å². The maximum Gasteiger partial charge on any atom is 0.0823 e. The molecule has 0 radical (unpaired) electrons. The molecule has 94 valence electrons. The second-order valence-electron chi connectivity index (χ2n) is 6.24. The molecule has 0 amide bonds. The fraction of sp³-hybridized carbons (Fsp3) is 0.600. The topological polar surface area (TPSA) is 32.3 Å². The van der Waals surface area contributed by atoms with Crippen molar-refractivity contribution in [2.45, 2.75) is 44.6 Å². The van der Waals surface area contributed by atoms with Crippen molar-refractivity contribution in [3.63, 3.8) is 0 Å². The highest BCUT2D eigenvalue weighted by Gasteiger charge is 2.32. The van der Waals surface area contributed by atoms with Crippen molar-refractivity contribution in [3.05, 3.63) is 35.4 Å². The van der Waals surface area contributed by atoms with E-state index in [2.05, 4.69) is 50.4 Å². The molecule has 0 aromatic heterocycles. The van der Waals surface area contributed by atoms with Crippen LogP contribution in [0.1, 0.15) is 38.3 Å². The highest BCUT2D eigenvalue weighted by molar-refractivity contribution is 5.34. The summed E-state index contributed by atoms with van der Waals surface area (Å²) in [7, 11) is 0. The lowest BCUT2D eigenvalue weighted by atomic mass is 9.80. The van der Waals surface area contributed by atoms with Crippen molar-refractivity contribution in [1.29, 1.82) is 0 Å². The van der Waals surface area contributed by atoms with E-state index in [4.69, 9.17) is 0 Å². The van der Waals surface area contributed by atoms with Gasteiger partial charge in [-0.3, -0.25) is 0 Å². The van der Waals surface area contributed by atoms with Gasteiger partial charge >= 0.3 is 0 Å². The number of hydrogen-bond acceptors (Lipinski definition) is 2. The summed E-state index contributed by atoms with van der Waals surface area (Å²) in [6.07, 6.45) is 1.61. The predicted molar refractivity (Wildman–Crippen MR) is 71.3 cm³/mol. The summed E-state index contributed by atoms with van der Waals surface area (Å²) < 4.78 is 0. The Balaban J connectivity index is 2.26. The summed E-state index contributed by atoms with van der Waals surface area (Å²) in [5.74, 6) is 0. The summed E-state index contributed by atoms with van der Waals surface area (Å²) in [5.41, 5.74) is 2.21. The highest BCUT2D eigenvalue weighted by atomic mass is 16.3. The molecule has 0 aliphatic carbocycles. The van der Waals surface area contributed by atoms with E-state index in [9.17, 15) is 5.11 Å². The molecule has 1 aromatic carbocycles. The summed E-state index contributed by atoms with van der Waals surface area (Å²) >= 11 is 0. The van der Waals surface area contributed by atoms with Crippen LogP contribution < -0.4 is 5.32 Å². The minimum absolute atomic E-state index is 0.138. The lowest BCUT2D eigenvalue weighted by molar-refractivity contribution is 0.0615. The Hall–Kier alpha value is -0.860. The van der Waals surface area contributed by atoms with Crippen molar-refractivity contribution in [1.82, 2.24) is 5.32 Å². The van der Waals surface area contributed by atoms with Crippen LogP contribution in [-0.2, 0) is 11.8 Å². The molecule has 2 nitrogen and oxygen atoms in total. The van der Waals surface area contributed by atoms with Crippen LogP contribution in [0.2, 0.25) is 0 Å². The van der Waals surface area contributed by atoms with Gasteiger partial charge in [0.1, 0.15) is 0 Å². The van der Waals surface area contributed by atoms with Crippen LogP contribution in [0.5, 0.6) is 0 Å². The van der Waals surface area contributed by atoms with Gasteiger partial charge in [0, 0.05) is 13.0 Å². The van der Waals surface area contributed by atoms with Crippen LogP contribution >= 0.6 is 0 Å². The van der Waals surface area contributed by atoms with E-state index in [1.54, 1.807) is 0 Å². The highest BCUT2D eigenvalue weighted by Crippen LogP contribution is 2.29. The van der Waals surface area contributed by atoms with Crippen molar-refractivity contribution >= 4 is 0 Å². The van der Waals surface area contributed by atoms with Gasteiger partial charge in [-0.05, 0) is 29.5 Å². The van der Waals surface area contributed by atoms with E-state index >= 15 is 0 Å². The van der Waals surface area contributed by atoms with Gasteiger partial charge in [-0.15, -0.1) is 0 Å². The van der Waals surface area contributed by atoms with Crippen LogP contribution in [0.3, 0.4) is 0 Å². The van der Waals surface area contributed by atoms with Crippen LogP contribution in [0.15, 0.2) is 24.3 Å². The van der Waals surface area contributed by atoms with Crippen LogP contribution in [0.25, 0.3) is 0 Å². The quantitative estimate of drug-likeness (QED) is 0.821. The first-order valence-corrected chi connectivity index (χ1v) is 6.42. The Labute approximate surface area is 104 Å². The average molecular weight is 233 g/mol. The second-order valence-corrected chi connectivity index (χ2v) is 6.24. The second kappa shape index (κ2) is 4.43. The molecule has 2 rings (SSSR count). The minimum Gasteiger partial charge on any atom is -0.388 e. The number of aliphatic hydroxyl groups is 1. The molecule has 1 fully saturated rings. The van der Waals surface area contributed by atoms with E-state index in [1.807, 2.05) is 0 Å². The fourth-order valence-electron chi connectivity index (χ4n) is 2.64. The molecule has 1 aliphatic rings. The lowest BCUT2D eigenvalue weighted by Gasteiger charge is -2.27. The van der Waals surface area contributed by atoms with Gasteiger partial charge in [-0.2, -0.15) is 0 Å². The summed E-state index contributed by atoms with van der Waals surface area (Å²) in [6, 6.07) is 8.48. The van der Waals surface area contributed by atoms with Crippen molar-refractivity contribution < 1.29 is 5.11 Å². The number of β-amino-alcohol motifs (C(OH)–C–C–N with tert-alkyl or cyclic N) is 1. The average Bonchev–Trinajstić information content (AvgIpc) is 2.64. The van der Waals surface area contributed by atoms with Crippen molar-refractivity contribution in [3.8, 4) is 0 Å². The van der Waals surface area contributed by atoms with Gasteiger partial charge in [0.15, 0.2) is 0 Å². The molecule has 1 unspecified atom stereocenters. The first-order valence-electron chi connectivity index (χ1n) is 6.42. The largest absolute Gasteiger partial charge is 0.388 e. The number of nitrogens with one attached hydrogen (secondary N) is 1. The molecule has 17 heavy (non-hydrogen) atoms. The zero-order valence-electron chi connectivity index (χ0n) is 11.1.